The van der Waals surface area contributed by atoms with Gasteiger partial charge in [0.2, 0.25) is 0 Å². The quantitative estimate of drug-likeness (QED) is 0.254. The number of carbonyl (C=O) groups is 3. The Morgan fingerprint density at radius 1 is 0.974 bits per heavy atom. The Kier molecular flexibility index (Phi) is 7.56. The van der Waals surface area contributed by atoms with Crippen molar-refractivity contribution in [3.63, 3.8) is 0 Å². The van der Waals surface area contributed by atoms with Gasteiger partial charge in [-0.25, -0.2) is 4.79 Å². The monoisotopic (exact) mass is 525 g/mol. The van der Waals surface area contributed by atoms with E-state index in [4.69, 9.17) is 9.57 Å². The summed E-state index contributed by atoms with van der Waals surface area (Å²) in [5.74, 6) is 2.70. The Hall–Kier alpha value is -2.11. The number of fused-ring (bicyclic) bond motifs is 5. The first kappa shape index (κ1) is 27.5. The minimum absolute atomic E-state index is 0.0780. The van der Waals surface area contributed by atoms with E-state index in [1.54, 1.807) is 5.57 Å². The van der Waals surface area contributed by atoms with Crippen molar-refractivity contribution in [2.24, 2.45) is 40.4 Å². The van der Waals surface area contributed by atoms with Gasteiger partial charge in [0.25, 0.3) is 11.8 Å². The number of rotatable bonds is 7. The van der Waals surface area contributed by atoms with Crippen molar-refractivity contribution >= 4 is 18.0 Å². The first-order chi connectivity index (χ1) is 18.0. The van der Waals surface area contributed by atoms with Crippen LogP contribution in [0.2, 0.25) is 0 Å². The fourth-order valence-electron chi connectivity index (χ4n) is 8.98. The van der Waals surface area contributed by atoms with Crippen molar-refractivity contribution in [3.05, 3.63) is 23.3 Å². The van der Waals surface area contributed by atoms with Gasteiger partial charge in [-0.3, -0.25) is 14.4 Å². The lowest BCUT2D eigenvalue weighted by Gasteiger charge is -2.55. The number of carbonyl (C=O) groups excluding carboxylic acids is 3. The summed E-state index contributed by atoms with van der Waals surface area (Å²) in [6, 6.07) is 0. The van der Waals surface area contributed by atoms with Crippen molar-refractivity contribution < 1.29 is 24.0 Å². The molecule has 0 aromatic rings. The van der Waals surface area contributed by atoms with Gasteiger partial charge in [-0.05, 0) is 78.9 Å². The number of hydrogen-bond donors (Lipinski definition) is 0. The highest BCUT2D eigenvalue weighted by Crippen LogP contribution is 2.66. The molecule has 1 heterocycles. The number of nitrogens with zero attached hydrogens (tertiary/aromatic N) is 1. The Labute approximate surface area is 228 Å². The molecule has 7 atom stereocenters. The number of hydroxylamine groups is 2. The lowest BCUT2D eigenvalue weighted by atomic mass is 9.50. The summed E-state index contributed by atoms with van der Waals surface area (Å²) in [6.45, 7) is 12.2. The molecule has 3 unspecified atom stereocenters. The van der Waals surface area contributed by atoms with Crippen LogP contribution in [0.25, 0.3) is 0 Å². The zero-order chi connectivity index (χ0) is 27.2. The van der Waals surface area contributed by atoms with E-state index in [2.05, 4.69) is 46.8 Å². The minimum Gasteiger partial charge on any atom is -0.429 e. The number of amides is 2. The summed E-state index contributed by atoms with van der Waals surface area (Å²) >= 11 is 0. The van der Waals surface area contributed by atoms with Crippen LogP contribution in [0, 0.1) is 40.4 Å². The molecule has 0 aromatic heterocycles. The first-order valence-corrected chi connectivity index (χ1v) is 15.2. The molecule has 0 aromatic carbocycles. The van der Waals surface area contributed by atoms with Crippen LogP contribution >= 0.6 is 0 Å². The van der Waals surface area contributed by atoms with Crippen molar-refractivity contribution in [2.75, 3.05) is 0 Å². The van der Waals surface area contributed by atoms with E-state index in [0.717, 1.165) is 30.6 Å². The van der Waals surface area contributed by atoms with Gasteiger partial charge in [-0.2, -0.15) is 0 Å². The van der Waals surface area contributed by atoms with E-state index in [-0.39, 0.29) is 24.4 Å². The van der Waals surface area contributed by atoms with Gasteiger partial charge in [0.05, 0.1) is 0 Å². The van der Waals surface area contributed by atoms with Crippen molar-refractivity contribution in [2.45, 2.75) is 118 Å². The van der Waals surface area contributed by atoms with E-state index in [0.29, 0.717) is 28.7 Å². The number of hydrogen-bond acceptors (Lipinski definition) is 5. The smallest absolute Gasteiger partial charge is 0.429 e. The van der Waals surface area contributed by atoms with Crippen LogP contribution in [-0.4, -0.2) is 29.1 Å². The molecule has 5 rings (SSSR count). The molecule has 4 aliphatic carbocycles. The van der Waals surface area contributed by atoms with Gasteiger partial charge in [-0.1, -0.05) is 82.2 Å². The third-order valence-electron chi connectivity index (χ3n) is 11.2. The van der Waals surface area contributed by atoms with Crippen molar-refractivity contribution in [1.29, 1.82) is 0 Å². The van der Waals surface area contributed by atoms with E-state index >= 15 is 0 Å². The van der Waals surface area contributed by atoms with Gasteiger partial charge in [0, 0.05) is 19.3 Å². The maximum Gasteiger partial charge on any atom is 0.534 e. The Morgan fingerprint density at radius 3 is 2.42 bits per heavy atom. The third-order valence-corrected chi connectivity index (χ3v) is 11.2. The van der Waals surface area contributed by atoms with E-state index in [1.807, 2.05) is 0 Å². The molecule has 5 aliphatic rings. The van der Waals surface area contributed by atoms with Gasteiger partial charge in [0.15, 0.2) is 0 Å². The molecule has 0 spiro atoms. The zero-order valence-electron chi connectivity index (χ0n) is 24.1. The molecular weight excluding hydrogens is 478 g/mol. The van der Waals surface area contributed by atoms with Crippen molar-refractivity contribution in [1.82, 2.24) is 5.06 Å². The van der Waals surface area contributed by atoms with E-state index < -0.39 is 18.0 Å². The molecule has 0 bridgehead atoms. The average Bonchev–Trinajstić information content (AvgIpc) is 3.38. The molecule has 2 amide bonds. The normalized spacial score (nSPS) is 37.3. The van der Waals surface area contributed by atoms with Gasteiger partial charge in [-0.15, -0.1) is 0 Å². The summed E-state index contributed by atoms with van der Waals surface area (Å²) in [6.07, 6.45) is 15.4. The van der Waals surface area contributed by atoms with Crippen LogP contribution in [0.3, 0.4) is 0 Å². The lowest BCUT2D eigenvalue weighted by Crippen LogP contribution is -2.47. The fourth-order valence-corrected chi connectivity index (χ4v) is 8.98. The minimum atomic E-state index is -0.956. The predicted octanol–water partition coefficient (Wildman–Crippen LogP) is 7.53. The van der Waals surface area contributed by atoms with Gasteiger partial charge >= 0.3 is 6.16 Å². The van der Waals surface area contributed by atoms with E-state index in [1.165, 1.54) is 50.5 Å². The average molecular weight is 526 g/mol. The highest BCUT2D eigenvalue weighted by Gasteiger charge is 2.57. The maximum absolute atomic E-state index is 12.3. The molecule has 1 saturated heterocycles. The highest BCUT2D eigenvalue weighted by molar-refractivity contribution is 6.01. The molecule has 210 valence electrons. The van der Waals surface area contributed by atoms with Crippen LogP contribution in [0.15, 0.2) is 23.3 Å². The summed E-state index contributed by atoms with van der Waals surface area (Å²) in [4.78, 5) is 40.8. The Morgan fingerprint density at radius 2 is 1.71 bits per heavy atom. The molecule has 6 nitrogen and oxygen atoms in total. The third kappa shape index (κ3) is 4.86. The topological polar surface area (TPSA) is 72.9 Å². The van der Waals surface area contributed by atoms with Crippen molar-refractivity contribution in [3.8, 4) is 0 Å². The largest absolute Gasteiger partial charge is 0.534 e. The number of ether oxygens (including phenoxy) is 1. The molecular formula is C32H47NO5. The maximum atomic E-state index is 12.3. The summed E-state index contributed by atoms with van der Waals surface area (Å²) in [5.41, 5.74) is 3.57. The lowest BCUT2D eigenvalue weighted by molar-refractivity contribution is -0.179. The second kappa shape index (κ2) is 10.5. The van der Waals surface area contributed by atoms with Crippen LogP contribution in [0.1, 0.15) is 112 Å². The fraction of sp³-hybridized carbons (Fsp3) is 0.781. The predicted molar refractivity (Wildman–Crippen MR) is 145 cm³/mol. The molecule has 0 N–H and O–H groups in total. The Bertz CT molecular complexity index is 1010. The highest BCUT2D eigenvalue weighted by atomic mass is 16.8. The Balaban J connectivity index is 1.25. The summed E-state index contributed by atoms with van der Waals surface area (Å²) < 4.78 is 5.58. The van der Waals surface area contributed by atoms with Crippen LogP contribution in [-0.2, 0) is 19.2 Å². The SMILES string of the molecule is CC(C)CCC[C@@H](C)C1CCC2C3=CC=C4C[C@@H](OC(=O)ON5C(=O)CCC5=O)CC[C@]4(C)C3CC[C@@]21C. The van der Waals surface area contributed by atoms with Gasteiger partial charge in [0.1, 0.15) is 6.10 Å². The number of imide groups is 1. The molecule has 4 fully saturated rings. The second-order valence-electron chi connectivity index (χ2n) is 13.8. The standard InChI is InChI=1S/C32H47NO5/c1-20(2)7-6-8-21(3)25-11-12-26-24-10-9-22-19-23(37-30(36)38-33-28(34)13-14-29(33)35)15-17-31(22,4)27(24)16-18-32(25,26)5/h9-10,20-21,23,25-27H,6-8,11-19H2,1-5H3/t21-,23+,25?,26?,27?,31+,32-/m1/s1. The zero-order valence-corrected chi connectivity index (χ0v) is 24.1. The molecule has 38 heavy (non-hydrogen) atoms. The van der Waals surface area contributed by atoms with Crippen LogP contribution in [0.5, 0.6) is 0 Å². The summed E-state index contributed by atoms with van der Waals surface area (Å²) in [5, 5.41) is 0.559. The molecule has 0 radical (unpaired) electrons. The molecule has 3 saturated carbocycles. The van der Waals surface area contributed by atoms with E-state index in [9.17, 15) is 14.4 Å². The molecule has 1 aliphatic heterocycles. The first-order valence-electron chi connectivity index (χ1n) is 15.2. The number of allylic oxidation sites excluding steroid dienone is 3. The summed E-state index contributed by atoms with van der Waals surface area (Å²) in [7, 11) is 0. The second-order valence-corrected chi connectivity index (χ2v) is 13.8. The van der Waals surface area contributed by atoms with Crippen LogP contribution in [0.4, 0.5) is 4.79 Å². The van der Waals surface area contributed by atoms with Crippen LogP contribution < -0.4 is 0 Å². The van der Waals surface area contributed by atoms with Gasteiger partial charge < -0.3 is 4.74 Å². The molecule has 6 heteroatoms.